The Morgan fingerprint density at radius 3 is 2.46 bits per heavy atom. The molecule has 19 heteroatoms. The number of aryl methyl sites for hydroxylation is 2. The van der Waals surface area contributed by atoms with E-state index in [0.29, 0.717) is 65.4 Å². The highest BCUT2D eigenvalue weighted by molar-refractivity contribution is 9.10. The van der Waals surface area contributed by atoms with Gasteiger partial charge in [-0.15, -0.1) is 0 Å². The molecule has 2 amide bonds. The highest BCUT2D eigenvalue weighted by Gasteiger charge is 2.32. The number of benzene rings is 3. The van der Waals surface area contributed by atoms with Crippen LogP contribution >= 0.6 is 23.1 Å². The summed E-state index contributed by atoms with van der Waals surface area (Å²) in [5.41, 5.74) is 6.35. The summed E-state index contributed by atoms with van der Waals surface area (Å²) in [5.74, 6) is -0.658. The summed E-state index contributed by atoms with van der Waals surface area (Å²) in [4.78, 5) is 53.3. The van der Waals surface area contributed by atoms with Gasteiger partial charge in [0, 0.05) is 79.0 Å². The molecule has 1 unspecified atom stereocenters. The number of nitrogens with zero attached hydrogens (tertiary/aromatic N) is 5. The quantitative estimate of drug-likeness (QED) is 0.0323. The topological polar surface area (TPSA) is 198 Å². The molecule has 1 atom stereocenters. The number of imide groups is 1. The van der Waals surface area contributed by atoms with Gasteiger partial charge in [0.2, 0.25) is 17.8 Å². The second kappa shape index (κ2) is 20.7. The molecule has 3 aromatic heterocycles. The fraction of sp³-hybridized carbons (Fsp3) is 0.417. The van der Waals surface area contributed by atoms with Crippen molar-refractivity contribution in [2.75, 3.05) is 68.2 Å². The summed E-state index contributed by atoms with van der Waals surface area (Å²) in [6.45, 7) is 13.9. The SMILES string of the molecule is CCOc1cc(N2CCC(NCCNCCc3cc4oc(=O)n(C5CCC(=O)NC5=O)c4cc3F)CC2)c(CC)cc1Nc1ncc(Br)c(Nc2ccc3nc(CC)ccc3c2P(C)(C)=O)n1. The number of piperidine rings is 2. The van der Waals surface area contributed by atoms with Crippen molar-refractivity contribution in [1.82, 2.24) is 35.5 Å². The number of anilines is 5. The third kappa shape index (κ3) is 10.7. The zero-order chi connectivity index (χ0) is 47.4. The number of aromatic nitrogens is 4. The number of ether oxygens (including phenoxy) is 1. The summed E-state index contributed by atoms with van der Waals surface area (Å²) in [6.07, 6.45) is 5.85. The maximum Gasteiger partial charge on any atom is 0.420 e. The highest BCUT2D eigenvalue weighted by atomic mass is 79.9. The van der Waals surface area contributed by atoms with Crippen LogP contribution in [0.5, 0.6) is 5.75 Å². The molecule has 0 radical (unpaired) electrons. The van der Waals surface area contributed by atoms with Crippen LogP contribution in [0.25, 0.3) is 22.0 Å². The number of hydrogen-bond acceptors (Lipinski definition) is 14. The fourth-order valence-corrected chi connectivity index (χ4v) is 10.8. The highest BCUT2D eigenvalue weighted by Crippen LogP contribution is 2.42. The van der Waals surface area contributed by atoms with E-state index in [-0.39, 0.29) is 23.9 Å². The molecule has 0 saturated carbocycles. The van der Waals surface area contributed by atoms with Gasteiger partial charge in [0.15, 0.2) is 5.58 Å². The molecule has 0 spiro atoms. The normalized spacial score (nSPS) is 15.9. The number of oxazole rings is 1. The van der Waals surface area contributed by atoms with Crippen LogP contribution in [0.1, 0.15) is 69.3 Å². The van der Waals surface area contributed by atoms with Gasteiger partial charge in [-0.3, -0.25) is 24.5 Å². The van der Waals surface area contributed by atoms with Crippen molar-refractivity contribution in [3.63, 3.8) is 0 Å². The molecule has 2 aliphatic rings. The molecule has 67 heavy (non-hydrogen) atoms. The number of rotatable bonds is 18. The van der Waals surface area contributed by atoms with E-state index < -0.39 is 36.6 Å². The second-order valence-corrected chi connectivity index (χ2v) is 21.3. The fourth-order valence-electron chi connectivity index (χ4n) is 8.98. The number of carbonyl (C=O) groups excluding carboxylic acids is 2. The van der Waals surface area contributed by atoms with E-state index in [4.69, 9.17) is 19.1 Å². The van der Waals surface area contributed by atoms with E-state index in [0.717, 1.165) is 83.2 Å². The van der Waals surface area contributed by atoms with Crippen LogP contribution in [0, 0.1) is 5.82 Å². The van der Waals surface area contributed by atoms with Crippen LogP contribution in [-0.4, -0.2) is 90.0 Å². The molecule has 8 rings (SSSR count). The first kappa shape index (κ1) is 47.8. The van der Waals surface area contributed by atoms with Crippen LogP contribution in [-0.2, 0) is 33.4 Å². The van der Waals surface area contributed by atoms with Gasteiger partial charge in [-0.25, -0.2) is 14.2 Å². The molecule has 5 N–H and O–H groups in total. The Morgan fingerprint density at radius 2 is 1.73 bits per heavy atom. The standard InChI is InChI=1S/C48H57BrFN10O6P/c1-6-28-23-37(56-47-53-27-33(49)45(58-47)55-36-12-11-35-32(44(36)67(4,5)64)10-9-30(7-2)54-35)41(65-8-3)26-39(28)59-21-16-31(17-22-59)52-20-19-51-18-15-29-24-42-40(25-34(29)50)60(48(63)66-42)38-13-14-43(61)57-46(38)62/h9-12,23-27,31,38,51-52H,6-8,13-22H2,1-5H3,(H,57,61,62)(H2,53,55,56,58). The number of halogens is 2. The summed E-state index contributed by atoms with van der Waals surface area (Å²) in [5, 5.41) is 17.7. The molecular weight excluding hydrogens is 942 g/mol. The van der Waals surface area contributed by atoms with Crippen molar-refractivity contribution in [3.05, 3.63) is 92.4 Å². The first-order valence-electron chi connectivity index (χ1n) is 22.9. The van der Waals surface area contributed by atoms with Crippen LogP contribution in [0.3, 0.4) is 0 Å². The lowest BCUT2D eigenvalue weighted by molar-refractivity contribution is -0.135. The van der Waals surface area contributed by atoms with Gasteiger partial charge in [-0.05, 0) is 123 Å². The van der Waals surface area contributed by atoms with Crippen molar-refractivity contribution >= 4 is 91.0 Å². The average molecular weight is 1000 g/mol. The molecule has 0 bridgehead atoms. The summed E-state index contributed by atoms with van der Waals surface area (Å²) in [7, 11) is -2.75. The molecule has 6 aromatic rings. The number of nitrogens with one attached hydrogen (secondary N) is 5. The number of pyridine rings is 1. The van der Waals surface area contributed by atoms with Crippen molar-refractivity contribution in [2.24, 2.45) is 0 Å². The Balaban J connectivity index is 0.857. The lowest BCUT2D eigenvalue weighted by Crippen LogP contribution is -2.44. The van der Waals surface area contributed by atoms with Gasteiger partial charge in [0.1, 0.15) is 30.6 Å². The van der Waals surface area contributed by atoms with Crippen molar-refractivity contribution in [3.8, 4) is 5.75 Å². The molecule has 354 valence electrons. The lowest BCUT2D eigenvalue weighted by atomic mass is 10.0. The second-order valence-electron chi connectivity index (χ2n) is 17.3. The zero-order valence-electron chi connectivity index (χ0n) is 38.4. The molecule has 5 heterocycles. The van der Waals surface area contributed by atoms with Crippen molar-refractivity contribution < 1.29 is 27.7 Å². The van der Waals surface area contributed by atoms with Gasteiger partial charge < -0.3 is 39.9 Å². The maximum atomic E-state index is 15.2. The number of fused-ring (bicyclic) bond motifs is 2. The van der Waals surface area contributed by atoms with Gasteiger partial charge in [-0.2, -0.15) is 4.98 Å². The largest absolute Gasteiger partial charge is 0.492 e. The Hall–Kier alpha value is -5.68. The third-order valence-electron chi connectivity index (χ3n) is 12.4. The number of hydrogen-bond donors (Lipinski definition) is 5. The summed E-state index contributed by atoms with van der Waals surface area (Å²) < 4.78 is 42.3. The van der Waals surface area contributed by atoms with Gasteiger partial charge in [0.25, 0.3) is 0 Å². The monoisotopic (exact) mass is 998 g/mol. The smallest absolute Gasteiger partial charge is 0.420 e. The molecule has 2 saturated heterocycles. The number of amides is 2. The molecule has 2 aliphatic heterocycles. The van der Waals surface area contributed by atoms with Crippen molar-refractivity contribution in [2.45, 2.75) is 77.8 Å². The average Bonchev–Trinajstić information content (AvgIpc) is 3.61. The minimum Gasteiger partial charge on any atom is -0.492 e. The van der Waals surface area contributed by atoms with Gasteiger partial charge in [0.05, 0.1) is 33.5 Å². The Labute approximate surface area is 396 Å². The number of carbonyl (C=O) groups is 2. The molecule has 0 aliphatic carbocycles. The van der Waals surface area contributed by atoms with E-state index >= 15 is 4.39 Å². The minimum absolute atomic E-state index is 0.0887. The molecule has 16 nitrogen and oxygen atoms in total. The van der Waals surface area contributed by atoms with Crippen molar-refractivity contribution in [1.29, 1.82) is 0 Å². The zero-order valence-corrected chi connectivity index (χ0v) is 40.9. The van der Waals surface area contributed by atoms with E-state index in [1.807, 2.05) is 31.2 Å². The summed E-state index contributed by atoms with van der Waals surface area (Å²) in [6, 6.07) is 14.2. The van der Waals surface area contributed by atoms with E-state index in [2.05, 4.69) is 78.4 Å². The molecule has 2 fully saturated rings. The Morgan fingerprint density at radius 1 is 0.925 bits per heavy atom. The maximum absolute atomic E-state index is 15.2. The van der Waals surface area contributed by atoms with Gasteiger partial charge in [-0.1, -0.05) is 19.9 Å². The predicted octanol–water partition coefficient (Wildman–Crippen LogP) is 7.46. The minimum atomic E-state index is -2.75. The van der Waals surface area contributed by atoms with Crippen LogP contribution in [0.4, 0.5) is 33.2 Å². The van der Waals surface area contributed by atoms with Crippen LogP contribution < -0.4 is 47.3 Å². The van der Waals surface area contributed by atoms with E-state index in [9.17, 15) is 18.9 Å². The Kier molecular flexibility index (Phi) is 14.8. The lowest BCUT2D eigenvalue weighted by Gasteiger charge is -2.35. The molecule has 3 aromatic carbocycles. The van der Waals surface area contributed by atoms with Crippen LogP contribution in [0.15, 0.2) is 68.4 Å². The summed E-state index contributed by atoms with van der Waals surface area (Å²) >= 11 is 3.62. The first-order valence-corrected chi connectivity index (χ1v) is 26.3. The predicted molar refractivity (Wildman–Crippen MR) is 265 cm³/mol. The van der Waals surface area contributed by atoms with E-state index in [1.165, 1.54) is 17.7 Å². The third-order valence-corrected chi connectivity index (χ3v) is 14.5. The first-order chi connectivity index (χ1) is 32.2. The van der Waals surface area contributed by atoms with Gasteiger partial charge >= 0.3 is 5.76 Å². The Bertz CT molecular complexity index is 2930. The van der Waals surface area contributed by atoms with E-state index in [1.54, 1.807) is 19.5 Å². The van der Waals surface area contributed by atoms with Crippen LogP contribution in [0.2, 0.25) is 0 Å². The molecular formula is C48H57BrFN10O6P.